The molecular weight excluding hydrogens is 238 g/mol. The molecule has 1 aromatic heterocycles. The van der Waals surface area contributed by atoms with Crippen LogP contribution in [0, 0.1) is 0 Å². The van der Waals surface area contributed by atoms with E-state index < -0.39 is 0 Å². The largest absolute Gasteiger partial charge is 0.331 e. The van der Waals surface area contributed by atoms with Crippen molar-refractivity contribution in [3.8, 4) is 0 Å². The third-order valence-electron chi connectivity index (χ3n) is 1.67. The Morgan fingerprint density at radius 1 is 1.50 bits per heavy atom. The minimum atomic E-state index is 0.926. The second-order valence-corrected chi connectivity index (χ2v) is 3.39. The van der Waals surface area contributed by atoms with Gasteiger partial charge in [0.15, 0.2) is 0 Å². The fourth-order valence-electron chi connectivity index (χ4n) is 1.06. The van der Waals surface area contributed by atoms with Crippen LogP contribution in [0.4, 0.5) is 5.69 Å². The highest BCUT2D eigenvalue weighted by Gasteiger charge is 2.04. The van der Waals surface area contributed by atoms with Crippen molar-refractivity contribution in [2.24, 2.45) is 0 Å². The van der Waals surface area contributed by atoms with Crippen LogP contribution in [0.25, 0.3) is 10.9 Å². The number of aromatic amines is 1. The molecule has 2 N–H and O–H groups in total. The molecule has 0 saturated carbocycles. The van der Waals surface area contributed by atoms with Crippen molar-refractivity contribution in [1.82, 2.24) is 10.2 Å². The van der Waals surface area contributed by atoms with Crippen molar-refractivity contribution in [2.75, 3.05) is 4.72 Å². The molecule has 1 aromatic carbocycles. The Morgan fingerprint density at radius 2 is 2.33 bits per heavy atom. The molecule has 0 aliphatic rings. The molecule has 0 aliphatic carbocycles. The molecule has 0 radical (unpaired) electrons. The average molecular weight is 244 g/mol. The lowest BCUT2D eigenvalue weighted by atomic mass is 10.2. The quantitative estimate of drug-likeness (QED) is 0.675. The number of thiol groups is 1. The number of hydrogen-bond donors (Lipinski definition) is 3. The van der Waals surface area contributed by atoms with E-state index in [2.05, 4.69) is 43.7 Å². The van der Waals surface area contributed by atoms with Crippen LogP contribution < -0.4 is 4.72 Å². The zero-order valence-corrected chi connectivity index (χ0v) is 8.48. The predicted octanol–water partition coefficient (Wildman–Crippen LogP) is 2.58. The summed E-state index contributed by atoms with van der Waals surface area (Å²) in [4.78, 5) is 0. The Hall–Kier alpha value is -0.680. The van der Waals surface area contributed by atoms with E-state index in [0.717, 1.165) is 21.1 Å². The first-order chi connectivity index (χ1) is 5.83. The lowest BCUT2D eigenvalue weighted by molar-refractivity contribution is 1.12. The van der Waals surface area contributed by atoms with Gasteiger partial charge in [-0.25, -0.2) is 0 Å². The van der Waals surface area contributed by atoms with E-state index in [1.807, 2.05) is 12.1 Å². The lowest BCUT2D eigenvalue weighted by Crippen LogP contribution is -1.82. The highest BCUT2D eigenvalue weighted by atomic mass is 79.9. The lowest BCUT2D eigenvalue weighted by Gasteiger charge is -2.01. The van der Waals surface area contributed by atoms with E-state index >= 15 is 0 Å². The van der Waals surface area contributed by atoms with Crippen LogP contribution in [0.2, 0.25) is 0 Å². The second kappa shape index (κ2) is 2.99. The van der Waals surface area contributed by atoms with E-state index in [0.29, 0.717) is 0 Å². The van der Waals surface area contributed by atoms with Gasteiger partial charge in [-0.3, -0.25) is 5.10 Å². The maximum absolute atomic E-state index is 3.97. The molecule has 0 bridgehead atoms. The van der Waals surface area contributed by atoms with Gasteiger partial charge in [0.2, 0.25) is 0 Å². The van der Waals surface area contributed by atoms with Crippen LogP contribution in [0.1, 0.15) is 0 Å². The number of benzene rings is 1. The highest BCUT2D eigenvalue weighted by Crippen LogP contribution is 2.29. The molecule has 0 atom stereocenters. The van der Waals surface area contributed by atoms with E-state index in [9.17, 15) is 0 Å². The molecule has 0 fully saturated rings. The normalized spacial score (nSPS) is 10.5. The molecule has 0 spiro atoms. The van der Waals surface area contributed by atoms with Gasteiger partial charge in [0.05, 0.1) is 21.9 Å². The van der Waals surface area contributed by atoms with Gasteiger partial charge in [-0.15, -0.1) is 0 Å². The smallest absolute Gasteiger partial charge is 0.0813 e. The van der Waals surface area contributed by atoms with E-state index in [1.54, 1.807) is 6.20 Å². The number of fused-ring (bicyclic) bond motifs is 1. The van der Waals surface area contributed by atoms with Crippen LogP contribution >= 0.6 is 28.7 Å². The van der Waals surface area contributed by atoms with Crippen molar-refractivity contribution < 1.29 is 0 Å². The van der Waals surface area contributed by atoms with Crippen molar-refractivity contribution in [3.05, 3.63) is 22.8 Å². The number of aromatic nitrogens is 2. The van der Waals surface area contributed by atoms with Gasteiger partial charge in [0, 0.05) is 5.39 Å². The fourth-order valence-corrected chi connectivity index (χ4v) is 1.95. The zero-order valence-electron chi connectivity index (χ0n) is 6.00. The summed E-state index contributed by atoms with van der Waals surface area (Å²) < 4.78 is 3.73. The van der Waals surface area contributed by atoms with Gasteiger partial charge in [0.25, 0.3) is 0 Å². The average Bonchev–Trinajstić information content (AvgIpc) is 2.53. The molecule has 62 valence electrons. The van der Waals surface area contributed by atoms with Gasteiger partial charge in [-0.2, -0.15) is 5.10 Å². The maximum Gasteiger partial charge on any atom is 0.0813 e. The summed E-state index contributed by atoms with van der Waals surface area (Å²) in [6, 6.07) is 3.91. The Morgan fingerprint density at radius 3 is 3.08 bits per heavy atom. The minimum absolute atomic E-state index is 0.926. The number of H-pyrrole nitrogens is 1. The summed E-state index contributed by atoms with van der Waals surface area (Å²) >= 11 is 7.41. The Bertz CT molecular complexity index is 412. The maximum atomic E-state index is 3.97. The number of nitrogens with zero attached hydrogens (tertiary/aromatic N) is 1. The van der Waals surface area contributed by atoms with Crippen molar-refractivity contribution >= 4 is 45.3 Å². The molecule has 2 aromatic rings. The van der Waals surface area contributed by atoms with Gasteiger partial charge in [0.1, 0.15) is 0 Å². The van der Waals surface area contributed by atoms with Gasteiger partial charge >= 0.3 is 0 Å². The number of anilines is 1. The monoisotopic (exact) mass is 243 g/mol. The Kier molecular flexibility index (Phi) is 1.98. The fraction of sp³-hybridized carbons (Fsp3) is 0. The van der Waals surface area contributed by atoms with Crippen LogP contribution in [-0.4, -0.2) is 10.2 Å². The number of halogens is 1. The first kappa shape index (κ1) is 7.94. The van der Waals surface area contributed by atoms with E-state index in [1.165, 1.54) is 0 Å². The van der Waals surface area contributed by atoms with Crippen LogP contribution in [0.5, 0.6) is 0 Å². The molecule has 0 aliphatic heterocycles. The summed E-state index contributed by atoms with van der Waals surface area (Å²) in [5, 5.41) is 7.90. The highest BCUT2D eigenvalue weighted by molar-refractivity contribution is 9.10. The molecule has 0 unspecified atom stereocenters. The van der Waals surface area contributed by atoms with Crippen molar-refractivity contribution in [2.45, 2.75) is 0 Å². The summed E-state index contributed by atoms with van der Waals surface area (Å²) in [6.45, 7) is 0. The summed E-state index contributed by atoms with van der Waals surface area (Å²) in [5.74, 6) is 0. The topological polar surface area (TPSA) is 40.7 Å². The molecular formula is C7H6BrN3S. The summed E-state index contributed by atoms with van der Waals surface area (Å²) in [6.07, 6.45) is 1.78. The van der Waals surface area contributed by atoms with Gasteiger partial charge < -0.3 is 4.72 Å². The third-order valence-corrected chi connectivity index (χ3v) is 2.74. The van der Waals surface area contributed by atoms with Gasteiger partial charge in [-0.05, 0) is 28.1 Å². The Balaban J connectivity index is 2.78. The Labute approximate surface area is 83.2 Å². The number of nitrogens with one attached hydrogen (secondary N) is 2. The second-order valence-electron chi connectivity index (χ2n) is 2.37. The molecule has 0 amide bonds. The zero-order chi connectivity index (χ0) is 8.55. The number of hydrogen-bond acceptors (Lipinski definition) is 3. The molecule has 0 saturated heterocycles. The molecule has 3 nitrogen and oxygen atoms in total. The van der Waals surface area contributed by atoms with Crippen LogP contribution in [0.3, 0.4) is 0 Å². The van der Waals surface area contributed by atoms with Gasteiger partial charge in [-0.1, -0.05) is 12.8 Å². The molecule has 1 heterocycles. The van der Waals surface area contributed by atoms with Crippen LogP contribution in [-0.2, 0) is 0 Å². The predicted molar refractivity (Wildman–Crippen MR) is 56.4 cm³/mol. The van der Waals surface area contributed by atoms with E-state index in [-0.39, 0.29) is 0 Å². The molecule has 12 heavy (non-hydrogen) atoms. The first-order valence-corrected chi connectivity index (χ1v) is 4.58. The van der Waals surface area contributed by atoms with Crippen LogP contribution in [0.15, 0.2) is 22.8 Å². The SMILES string of the molecule is SNc1ccc2cn[nH]c2c1Br. The first-order valence-electron chi connectivity index (χ1n) is 3.34. The minimum Gasteiger partial charge on any atom is -0.331 e. The molecule has 2 rings (SSSR count). The summed E-state index contributed by atoms with van der Waals surface area (Å²) in [7, 11) is 0. The van der Waals surface area contributed by atoms with E-state index in [4.69, 9.17) is 0 Å². The third kappa shape index (κ3) is 1.09. The van der Waals surface area contributed by atoms with Crippen molar-refractivity contribution in [3.63, 3.8) is 0 Å². The van der Waals surface area contributed by atoms with Crippen molar-refractivity contribution in [1.29, 1.82) is 0 Å². The standard InChI is InChI=1S/C7H6BrN3S/c8-6-5(11-12)2-1-4-3-9-10-7(4)6/h1-3,11-12H,(H,9,10). The molecule has 5 heteroatoms. The number of rotatable bonds is 1. The summed E-state index contributed by atoms with van der Waals surface area (Å²) in [5.41, 5.74) is 1.91.